The van der Waals surface area contributed by atoms with Crippen LogP contribution in [0.5, 0.6) is 0 Å². The van der Waals surface area contributed by atoms with Crippen LogP contribution in [0.3, 0.4) is 0 Å². The molecule has 0 radical (unpaired) electrons. The Hall–Kier alpha value is -1.000. The van der Waals surface area contributed by atoms with E-state index in [4.69, 9.17) is 0 Å². The van der Waals surface area contributed by atoms with Crippen molar-refractivity contribution < 1.29 is 15.1 Å². The van der Waals surface area contributed by atoms with Crippen molar-refractivity contribution in [2.75, 3.05) is 0 Å². The van der Waals surface area contributed by atoms with Gasteiger partial charge in [0.15, 0.2) is 6.29 Å². The standard InChI is InChI=1S/C8H5BrO2.H2O/c9-7-3-1-6(2-4-7)8(11)5-10;/h1-5H;1H2. The summed E-state index contributed by atoms with van der Waals surface area (Å²) in [6.07, 6.45) is 0.309. The summed E-state index contributed by atoms with van der Waals surface area (Å²) < 4.78 is 0.889. The number of carbonyl (C=O) groups is 2. The van der Waals surface area contributed by atoms with Crippen LogP contribution in [-0.4, -0.2) is 17.5 Å². The predicted molar refractivity (Wildman–Crippen MR) is 48.2 cm³/mol. The lowest BCUT2D eigenvalue weighted by molar-refractivity contribution is -0.104. The van der Waals surface area contributed by atoms with E-state index >= 15 is 0 Å². The molecule has 0 saturated heterocycles. The lowest BCUT2D eigenvalue weighted by Crippen LogP contribution is -1.98. The van der Waals surface area contributed by atoms with Gasteiger partial charge in [0.2, 0.25) is 5.78 Å². The van der Waals surface area contributed by atoms with Crippen molar-refractivity contribution in [1.29, 1.82) is 0 Å². The number of benzene rings is 1. The molecule has 1 rings (SSSR count). The number of hydrogen-bond donors (Lipinski definition) is 0. The van der Waals surface area contributed by atoms with E-state index in [1.165, 1.54) is 0 Å². The van der Waals surface area contributed by atoms with Crippen molar-refractivity contribution in [1.82, 2.24) is 0 Å². The van der Waals surface area contributed by atoms with Gasteiger partial charge in [0.1, 0.15) is 0 Å². The van der Waals surface area contributed by atoms with E-state index in [9.17, 15) is 9.59 Å². The molecule has 0 fully saturated rings. The molecule has 12 heavy (non-hydrogen) atoms. The first kappa shape index (κ1) is 11.0. The van der Waals surface area contributed by atoms with Crippen LogP contribution in [0.4, 0.5) is 0 Å². The van der Waals surface area contributed by atoms with E-state index in [1.54, 1.807) is 24.3 Å². The van der Waals surface area contributed by atoms with Crippen LogP contribution in [0.25, 0.3) is 0 Å². The fourth-order valence-electron chi connectivity index (χ4n) is 0.682. The zero-order chi connectivity index (χ0) is 8.27. The largest absolute Gasteiger partial charge is 0.412 e. The van der Waals surface area contributed by atoms with E-state index < -0.39 is 5.78 Å². The monoisotopic (exact) mass is 230 g/mol. The zero-order valence-corrected chi connectivity index (χ0v) is 7.67. The SMILES string of the molecule is O.O=CC(=O)c1ccc(Br)cc1. The molecular weight excluding hydrogens is 224 g/mol. The van der Waals surface area contributed by atoms with Crippen molar-refractivity contribution in [2.45, 2.75) is 0 Å². The van der Waals surface area contributed by atoms with Gasteiger partial charge in [-0.3, -0.25) is 9.59 Å². The van der Waals surface area contributed by atoms with Crippen LogP contribution in [0.1, 0.15) is 10.4 Å². The highest BCUT2D eigenvalue weighted by Gasteiger charge is 2.01. The molecule has 3 nitrogen and oxygen atoms in total. The van der Waals surface area contributed by atoms with Crippen LogP contribution < -0.4 is 0 Å². The first-order valence-electron chi connectivity index (χ1n) is 2.99. The maximum Gasteiger partial charge on any atom is 0.225 e. The first-order valence-corrected chi connectivity index (χ1v) is 3.78. The Morgan fingerprint density at radius 3 is 2.17 bits per heavy atom. The van der Waals surface area contributed by atoms with Gasteiger partial charge in [0.25, 0.3) is 0 Å². The third-order valence-corrected chi connectivity index (χ3v) is 1.76. The van der Waals surface area contributed by atoms with Crippen LogP contribution >= 0.6 is 15.9 Å². The Kier molecular flexibility index (Phi) is 4.39. The summed E-state index contributed by atoms with van der Waals surface area (Å²) in [5.74, 6) is -0.488. The maximum atomic E-state index is 10.7. The second-order valence-corrected chi connectivity index (χ2v) is 2.90. The van der Waals surface area contributed by atoms with Gasteiger partial charge in [-0.05, 0) is 24.3 Å². The van der Waals surface area contributed by atoms with Crippen LogP contribution in [0.15, 0.2) is 28.7 Å². The summed E-state index contributed by atoms with van der Waals surface area (Å²) in [4.78, 5) is 20.8. The smallest absolute Gasteiger partial charge is 0.225 e. The van der Waals surface area contributed by atoms with Gasteiger partial charge in [0, 0.05) is 10.0 Å². The number of aldehydes is 1. The lowest BCUT2D eigenvalue weighted by Gasteiger charge is -1.92. The average Bonchev–Trinajstić information content (AvgIpc) is 2.05. The van der Waals surface area contributed by atoms with Gasteiger partial charge in [-0.25, -0.2) is 0 Å². The normalized spacial score (nSPS) is 8.42. The topological polar surface area (TPSA) is 65.6 Å². The number of ketones is 1. The van der Waals surface area contributed by atoms with Crippen molar-refractivity contribution in [2.24, 2.45) is 0 Å². The maximum absolute atomic E-state index is 10.7. The van der Waals surface area contributed by atoms with Crippen LogP contribution in [0.2, 0.25) is 0 Å². The molecule has 4 heteroatoms. The average molecular weight is 231 g/mol. The Balaban J connectivity index is 0.00000121. The molecule has 0 saturated carbocycles. The summed E-state index contributed by atoms with van der Waals surface area (Å²) in [5.41, 5.74) is 0.420. The molecule has 0 aromatic heterocycles. The van der Waals surface area contributed by atoms with Gasteiger partial charge in [0.05, 0.1) is 0 Å². The predicted octanol–water partition coefficient (Wildman–Crippen LogP) is 1.01. The molecular formula is C8H7BrO3. The zero-order valence-electron chi connectivity index (χ0n) is 6.08. The Morgan fingerprint density at radius 1 is 1.25 bits per heavy atom. The molecule has 1 aromatic rings. The third kappa shape index (κ3) is 2.56. The fraction of sp³-hybridized carbons (Fsp3) is 0. The van der Waals surface area contributed by atoms with Gasteiger partial charge in [-0.1, -0.05) is 15.9 Å². The molecule has 0 aliphatic heterocycles. The molecule has 0 heterocycles. The van der Waals surface area contributed by atoms with Crippen molar-refractivity contribution in [3.05, 3.63) is 34.3 Å². The summed E-state index contributed by atoms with van der Waals surface area (Å²) in [7, 11) is 0. The van der Waals surface area contributed by atoms with Gasteiger partial charge in [-0.15, -0.1) is 0 Å². The molecule has 0 aliphatic rings. The minimum absolute atomic E-state index is 0. The third-order valence-electron chi connectivity index (χ3n) is 1.24. The van der Waals surface area contributed by atoms with Crippen molar-refractivity contribution >= 4 is 28.0 Å². The fourth-order valence-corrected chi connectivity index (χ4v) is 0.947. The molecule has 0 aliphatic carbocycles. The van der Waals surface area contributed by atoms with Gasteiger partial charge < -0.3 is 5.48 Å². The summed E-state index contributed by atoms with van der Waals surface area (Å²) in [5, 5.41) is 0. The van der Waals surface area contributed by atoms with Crippen molar-refractivity contribution in [3.63, 3.8) is 0 Å². The number of Topliss-reactive ketones (excluding diaryl/α,β-unsaturated/α-hetero) is 1. The van der Waals surface area contributed by atoms with Gasteiger partial charge in [-0.2, -0.15) is 0 Å². The van der Waals surface area contributed by atoms with E-state index in [1.807, 2.05) is 0 Å². The molecule has 0 bridgehead atoms. The first-order chi connectivity index (χ1) is 5.24. The second kappa shape index (κ2) is 4.79. The van der Waals surface area contributed by atoms with Crippen LogP contribution in [0, 0.1) is 0 Å². The molecule has 0 spiro atoms. The summed E-state index contributed by atoms with van der Waals surface area (Å²) in [6.45, 7) is 0. The highest BCUT2D eigenvalue weighted by atomic mass is 79.9. The lowest BCUT2D eigenvalue weighted by atomic mass is 10.1. The van der Waals surface area contributed by atoms with E-state index in [-0.39, 0.29) is 5.48 Å². The molecule has 1 aromatic carbocycles. The molecule has 2 N–H and O–H groups in total. The Bertz CT molecular complexity index is 279. The van der Waals surface area contributed by atoms with Gasteiger partial charge >= 0.3 is 0 Å². The highest BCUT2D eigenvalue weighted by Crippen LogP contribution is 2.10. The number of halogens is 1. The minimum atomic E-state index is -0.488. The number of carbonyl (C=O) groups excluding carboxylic acids is 2. The molecule has 64 valence electrons. The molecule has 0 unspecified atom stereocenters. The molecule has 0 atom stereocenters. The second-order valence-electron chi connectivity index (χ2n) is 1.99. The highest BCUT2D eigenvalue weighted by molar-refractivity contribution is 9.10. The quantitative estimate of drug-likeness (QED) is 0.433. The van der Waals surface area contributed by atoms with E-state index in [2.05, 4.69) is 15.9 Å². The minimum Gasteiger partial charge on any atom is -0.412 e. The number of hydrogen-bond acceptors (Lipinski definition) is 2. The van der Waals surface area contributed by atoms with Crippen LogP contribution in [-0.2, 0) is 4.79 Å². The van der Waals surface area contributed by atoms with Crippen molar-refractivity contribution in [3.8, 4) is 0 Å². The Labute approximate surface area is 77.8 Å². The molecule has 0 amide bonds. The van der Waals surface area contributed by atoms with E-state index in [0.717, 1.165) is 4.47 Å². The summed E-state index contributed by atoms with van der Waals surface area (Å²) >= 11 is 3.22. The summed E-state index contributed by atoms with van der Waals surface area (Å²) in [6, 6.07) is 6.63. The number of rotatable bonds is 2. The van der Waals surface area contributed by atoms with E-state index in [0.29, 0.717) is 11.8 Å². The Morgan fingerprint density at radius 2 is 1.75 bits per heavy atom.